The zero-order chi connectivity index (χ0) is 9.26. The molecule has 2 aliphatic heterocycles. The lowest BCUT2D eigenvalue weighted by Crippen LogP contribution is -2.49. The van der Waals surface area contributed by atoms with Gasteiger partial charge in [0.2, 0.25) is 0 Å². The van der Waals surface area contributed by atoms with Crippen LogP contribution in [0.2, 0.25) is 0 Å². The second-order valence-electron chi connectivity index (χ2n) is 4.41. The molecule has 0 aromatic carbocycles. The summed E-state index contributed by atoms with van der Waals surface area (Å²) in [4.78, 5) is 2.40. The van der Waals surface area contributed by atoms with E-state index in [1.54, 1.807) is 0 Å². The van der Waals surface area contributed by atoms with E-state index >= 15 is 0 Å². The number of nitrogens with one attached hydrogen (secondary N) is 1. The van der Waals surface area contributed by atoms with Gasteiger partial charge in [-0.05, 0) is 39.4 Å². The average molecular weight is 184 g/mol. The number of aliphatic hydroxyl groups is 1. The number of aliphatic hydroxyl groups excluding tert-OH is 1. The van der Waals surface area contributed by atoms with E-state index in [0.717, 1.165) is 19.5 Å². The molecular formula is C10H20N2O. The zero-order valence-corrected chi connectivity index (χ0v) is 8.37. The molecule has 3 heteroatoms. The zero-order valence-electron chi connectivity index (χ0n) is 8.37. The Balaban J connectivity index is 1.97. The van der Waals surface area contributed by atoms with Crippen LogP contribution in [0.1, 0.15) is 19.3 Å². The maximum Gasteiger partial charge on any atom is 0.0607 e. The Morgan fingerprint density at radius 2 is 2.23 bits per heavy atom. The first-order valence-electron chi connectivity index (χ1n) is 5.38. The number of hydrogen-bond donors (Lipinski definition) is 2. The van der Waals surface area contributed by atoms with Crippen molar-refractivity contribution < 1.29 is 5.11 Å². The lowest BCUT2D eigenvalue weighted by molar-refractivity contribution is 0.0372. The largest absolute Gasteiger partial charge is 0.393 e. The molecule has 3 nitrogen and oxygen atoms in total. The molecule has 76 valence electrons. The van der Waals surface area contributed by atoms with Crippen LogP contribution in [-0.2, 0) is 0 Å². The van der Waals surface area contributed by atoms with E-state index < -0.39 is 0 Å². The van der Waals surface area contributed by atoms with Crippen molar-refractivity contribution in [3.63, 3.8) is 0 Å². The summed E-state index contributed by atoms with van der Waals surface area (Å²) < 4.78 is 0. The van der Waals surface area contributed by atoms with E-state index in [1.807, 2.05) is 0 Å². The van der Waals surface area contributed by atoms with Gasteiger partial charge in [-0.3, -0.25) is 0 Å². The van der Waals surface area contributed by atoms with E-state index in [2.05, 4.69) is 17.3 Å². The van der Waals surface area contributed by atoms with Crippen LogP contribution in [0.3, 0.4) is 0 Å². The lowest BCUT2D eigenvalue weighted by atomic mass is 9.88. The molecule has 0 radical (unpaired) electrons. The van der Waals surface area contributed by atoms with Crippen molar-refractivity contribution in [2.45, 2.75) is 31.4 Å². The van der Waals surface area contributed by atoms with Gasteiger partial charge in [0.25, 0.3) is 0 Å². The van der Waals surface area contributed by atoms with Crippen LogP contribution in [0, 0.1) is 5.92 Å². The number of hydrogen-bond acceptors (Lipinski definition) is 3. The Morgan fingerprint density at radius 3 is 2.85 bits per heavy atom. The Hall–Kier alpha value is -0.120. The molecule has 13 heavy (non-hydrogen) atoms. The summed E-state index contributed by atoms with van der Waals surface area (Å²) >= 11 is 0. The predicted molar refractivity (Wildman–Crippen MR) is 52.6 cm³/mol. The van der Waals surface area contributed by atoms with Crippen molar-refractivity contribution in [3.05, 3.63) is 0 Å². The van der Waals surface area contributed by atoms with Gasteiger partial charge in [0.1, 0.15) is 0 Å². The minimum Gasteiger partial charge on any atom is -0.393 e. The van der Waals surface area contributed by atoms with E-state index in [9.17, 15) is 5.11 Å². The van der Waals surface area contributed by atoms with Crippen LogP contribution in [0.4, 0.5) is 0 Å². The summed E-state index contributed by atoms with van der Waals surface area (Å²) in [5, 5.41) is 13.3. The number of rotatable bonds is 1. The molecule has 2 fully saturated rings. The highest BCUT2D eigenvalue weighted by Gasteiger charge is 2.34. The summed E-state index contributed by atoms with van der Waals surface area (Å²) in [6, 6.07) is 0.614. The fourth-order valence-electron chi connectivity index (χ4n) is 2.74. The van der Waals surface area contributed by atoms with Gasteiger partial charge in [0, 0.05) is 18.5 Å². The third-order valence-corrected chi connectivity index (χ3v) is 3.56. The highest BCUT2D eigenvalue weighted by Crippen LogP contribution is 2.26. The summed E-state index contributed by atoms with van der Waals surface area (Å²) in [6.07, 6.45) is 3.41. The average Bonchev–Trinajstić information content (AvgIpc) is 2.52. The molecule has 3 unspecified atom stereocenters. The highest BCUT2D eigenvalue weighted by atomic mass is 16.3. The van der Waals surface area contributed by atoms with Crippen molar-refractivity contribution in [2.75, 3.05) is 26.7 Å². The Morgan fingerprint density at radius 1 is 1.38 bits per heavy atom. The van der Waals surface area contributed by atoms with E-state index in [1.165, 1.54) is 19.4 Å². The third kappa shape index (κ3) is 1.87. The maximum atomic E-state index is 9.88. The second-order valence-corrected chi connectivity index (χ2v) is 4.41. The Bertz CT molecular complexity index is 174. The second kappa shape index (κ2) is 3.95. The van der Waals surface area contributed by atoms with E-state index in [4.69, 9.17) is 0 Å². The molecule has 2 N–H and O–H groups in total. The molecule has 2 saturated heterocycles. The lowest BCUT2D eigenvalue weighted by Gasteiger charge is -2.36. The van der Waals surface area contributed by atoms with Crippen molar-refractivity contribution >= 4 is 0 Å². The molecule has 0 bridgehead atoms. The molecule has 0 aliphatic carbocycles. The monoisotopic (exact) mass is 184 g/mol. The van der Waals surface area contributed by atoms with E-state index in [0.29, 0.717) is 12.0 Å². The van der Waals surface area contributed by atoms with Gasteiger partial charge in [-0.25, -0.2) is 0 Å². The van der Waals surface area contributed by atoms with Crippen molar-refractivity contribution in [3.8, 4) is 0 Å². The molecule has 3 atom stereocenters. The smallest absolute Gasteiger partial charge is 0.0607 e. The van der Waals surface area contributed by atoms with Gasteiger partial charge in [0.15, 0.2) is 0 Å². The molecule has 2 aliphatic rings. The summed E-state index contributed by atoms with van der Waals surface area (Å²) in [5.41, 5.74) is 0. The maximum absolute atomic E-state index is 9.88. The van der Waals surface area contributed by atoms with Gasteiger partial charge in [0.05, 0.1) is 6.10 Å². The molecule has 0 saturated carbocycles. The van der Waals surface area contributed by atoms with Crippen LogP contribution in [0.5, 0.6) is 0 Å². The van der Waals surface area contributed by atoms with Crippen LogP contribution in [0.15, 0.2) is 0 Å². The topological polar surface area (TPSA) is 35.5 Å². The van der Waals surface area contributed by atoms with Crippen molar-refractivity contribution in [1.82, 2.24) is 10.2 Å². The summed E-state index contributed by atoms with van der Waals surface area (Å²) in [5.74, 6) is 0.459. The van der Waals surface area contributed by atoms with Gasteiger partial charge >= 0.3 is 0 Å². The number of nitrogens with zero attached hydrogens (tertiary/aromatic N) is 1. The minimum absolute atomic E-state index is 0.0770. The normalized spacial score (nSPS) is 42.5. The van der Waals surface area contributed by atoms with Crippen molar-refractivity contribution in [1.29, 1.82) is 0 Å². The molecule has 0 amide bonds. The molecule has 0 aromatic heterocycles. The summed E-state index contributed by atoms with van der Waals surface area (Å²) in [6.45, 7) is 3.18. The minimum atomic E-state index is -0.0770. The van der Waals surface area contributed by atoms with Gasteiger partial charge in [-0.15, -0.1) is 0 Å². The molecular weight excluding hydrogens is 164 g/mol. The van der Waals surface area contributed by atoms with Crippen LogP contribution >= 0.6 is 0 Å². The fourth-order valence-corrected chi connectivity index (χ4v) is 2.74. The first-order valence-corrected chi connectivity index (χ1v) is 5.38. The van der Waals surface area contributed by atoms with Gasteiger partial charge < -0.3 is 15.3 Å². The highest BCUT2D eigenvalue weighted by molar-refractivity contribution is 4.90. The predicted octanol–water partition coefficient (Wildman–Crippen LogP) is 0.0510. The first-order chi connectivity index (χ1) is 6.29. The number of likely N-dealkylation sites (tertiary alicyclic amines) is 1. The summed E-state index contributed by atoms with van der Waals surface area (Å²) in [7, 11) is 2.18. The Kier molecular flexibility index (Phi) is 2.86. The molecule has 2 heterocycles. The number of piperidine rings is 1. The standard InChI is InChI=1S/C10H20N2O/c1-12-6-2-3-9(12)8-7-11-5-4-10(8)13/h8-11,13H,2-7H2,1H3. The molecule has 0 aromatic rings. The van der Waals surface area contributed by atoms with Crippen molar-refractivity contribution in [2.24, 2.45) is 5.92 Å². The first kappa shape index (κ1) is 9.44. The third-order valence-electron chi connectivity index (χ3n) is 3.56. The molecule has 2 rings (SSSR count). The molecule has 0 spiro atoms. The fraction of sp³-hybridized carbons (Fsp3) is 1.00. The van der Waals surface area contributed by atoms with Crippen LogP contribution < -0.4 is 5.32 Å². The van der Waals surface area contributed by atoms with Gasteiger partial charge in [-0.2, -0.15) is 0 Å². The van der Waals surface area contributed by atoms with E-state index in [-0.39, 0.29) is 6.10 Å². The Labute approximate surface area is 80.1 Å². The van der Waals surface area contributed by atoms with Gasteiger partial charge in [-0.1, -0.05) is 0 Å². The quantitative estimate of drug-likeness (QED) is 0.604. The SMILES string of the molecule is CN1CCCC1C1CNCCC1O. The van der Waals surface area contributed by atoms with Crippen LogP contribution in [0.25, 0.3) is 0 Å². The van der Waals surface area contributed by atoms with Crippen LogP contribution in [-0.4, -0.2) is 48.8 Å².